The molecule has 2 rings (SSSR count). The maximum absolute atomic E-state index is 12.6. The van der Waals surface area contributed by atoms with Crippen LogP contribution in [-0.4, -0.2) is 48.1 Å². The van der Waals surface area contributed by atoms with Crippen LogP contribution in [0, 0.1) is 6.92 Å². The number of rotatable bonds is 6. The highest BCUT2D eigenvalue weighted by Crippen LogP contribution is 2.33. The Kier molecular flexibility index (Phi) is 4.48. The van der Waals surface area contributed by atoms with Crippen molar-refractivity contribution in [2.24, 2.45) is 0 Å². The lowest BCUT2D eigenvalue weighted by Gasteiger charge is -2.36. The molecular formula is C12H17NO5S2. The molecule has 0 radical (unpaired) electrons. The minimum absolute atomic E-state index is 0.0126. The summed E-state index contributed by atoms with van der Waals surface area (Å²) in [4.78, 5) is 11.5. The first-order valence-corrected chi connectivity index (χ1v) is 8.60. The summed E-state index contributed by atoms with van der Waals surface area (Å²) in [5.41, 5.74) is 0. The van der Waals surface area contributed by atoms with Crippen LogP contribution in [0.4, 0.5) is 0 Å². The third-order valence-electron chi connectivity index (χ3n) is 3.47. The zero-order valence-corrected chi connectivity index (χ0v) is 12.7. The van der Waals surface area contributed by atoms with Crippen molar-refractivity contribution in [2.75, 3.05) is 13.2 Å². The number of aliphatic hydroxyl groups excluding tert-OH is 1. The number of hydrogen-bond donors (Lipinski definition) is 2. The van der Waals surface area contributed by atoms with Crippen molar-refractivity contribution in [1.82, 2.24) is 4.31 Å². The Morgan fingerprint density at radius 2 is 2.15 bits per heavy atom. The number of carbonyl (C=O) groups is 1. The van der Waals surface area contributed by atoms with Crippen LogP contribution in [0.1, 0.15) is 33.8 Å². The van der Waals surface area contributed by atoms with E-state index in [0.717, 1.165) is 30.6 Å². The summed E-state index contributed by atoms with van der Waals surface area (Å²) in [6.07, 6.45) is 2.55. The maximum Gasteiger partial charge on any atom is 0.345 e. The van der Waals surface area contributed by atoms with E-state index >= 15 is 0 Å². The second-order valence-electron chi connectivity index (χ2n) is 4.76. The summed E-state index contributed by atoms with van der Waals surface area (Å²) in [7, 11) is -3.75. The molecule has 1 aliphatic carbocycles. The Morgan fingerprint density at radius 1 is 1.50 bits per heavy atom. The van der Waals surface area contributed by atoms with Crippen molar-refractivity contribution in [3.8, 4) is 0 Å². The van der Waals surface area contributed by atoms with Crippen molar-refractivity contribution in [2.45, 2.75) is 37.1 Å². The molecule has 20 heavy (non-hydrogen) atoms. The molecule has 2 N–H and O–H groups in total. The number of aliphatic hydroxyl groups is 1. The van der Waals surface area contributed by atoms with Gasteiger partial charge in [-0.25, -0.2) is 13.2 Å². The lowest BCUT2D eigenvalue weighted by Crippen LogP contribution is -2.45. The van der Waals surface area contributed by atoms with Gasteiger partial charge in [0.1, 0.15) is 4.88 Å². The van der Waals surface area contributed by atoms with E-state index in [2.05, 4.69) is 0 Å². The quantitative estimate of drug-likeness (QED) is 0.824. The molecule has 0 unspecified atom stereocenters. The fourth-order valence-corrected chi connectivity index (χ4v) is 5.30. The fraction of sp³-hybridized carbons (Fsp3) is 0.583. The van der Waals surface area contributed by atoms with Crippen LogP contribution >= 0.6 is 11.3 Å². The lowest BCUT2D eigenvalue weighted by atomic mass is 9.93. The molecule has 1 heterocycles. The highest BCUT2D eigenvalue weighted by Gasteiger charge is 2.36. The molecule has 0 aliphatic heterocycles. The minimum atomic E-state index is -3.75. The predicted molar refractivity (Wildman–Crippen MR) is 74.6 cm³/mol. The third-order valence-corrected chi connectivity index (χ3v) is 6.72. The average Bonchev–Trinajstić information content (AvgIpc) is 2.69. The van der Waals surface area contributed by atoms with Gasteiger partial charge in [-0.15, -0.1) is 11.3 Å². The van der Waals surface area contributed by atoms with Crippen LogP contribution in [0.15, 0.2) is 11.0 Å². The van der Waals surface area contributed by atoms with Gasteiger partial charge in [0, 0.05) is 17.5 Å². The molecule has 1 aromatic rings. The summed E-state index contributed by atoms with van der Waals surface area (Å²) in [5, 5.41) is 18.0. The fourth-order valence-electron chi connectivity index (χ4n) is 2.23. The molecule has 0 aromatic carbocycles. The highest BCUT2D eigenvalue weighted by molar-refractivity contribution is 7.89. The molecular weight excluding hydrogens is 302 g/mol. The SMILES string of the molecule is Cc1sc(C(=O)O)cc1S(=O)(=O)N(CCO)C1CCC1. The first-order chi connectivity index (χ1) is 9.37. The van der Waals surface area contributed by atoms with Gasteiger partial charge >= 0.3 is 5.97 Å². The number of aryl methyl sites for hydroxylation is 1. The number of carboxylic acids is 1. The molecule has 1 fully saturated rings. The first-order valence-electron chi connectivity index (χ1n) is 6.34. The Balaban J connectivity index is 2.39. The molecule has 1 saturated carbocycles. The van der Waals surface area contributed by atoms with Gasteiger partial charge in [0.2, 0.25) is 10.0 Å². The number of thiophene rings is 1. The summed E-state index contributed by atoms with van der Waals surface area (Å²) >= 11 is 0.954. The van der Waals surface area contributed by atoms with Crippen LogP contribution in [-0.2, 0) is 10.0 Å². The van der Waals surface area contributed by atoms with Crippen molar-refractivity contribution in [3.05, 3.63) is 15.8 Å². The van der Waals surface area contributed by atoms with Gasteiger partial charge in [-0.3, -0.25) is 0 Å². The monoisotopic (exact) mass is 319 g/mol. The van der Waals surface area contributed by atoms with Gasteiger partial charge in [0.15, 0.2) is 0 Å². The van der Waals surface area contributed by atoms with E-state index in [0.29, 0.717) is 4.88 Å². The van der Waals surface area contributed by atoms with E-state index in [-0.39, 0.29) is 29.0 Å². The summed E-state index contributed by atoms with van der Waals surface area (Å²) < 4.78 is 26.6. The zero-order valence-electron chi connectivity index (χ0n) is 11.1. The van der Waals surface area contributed by atoms with E-state index in [1.807, 2.05) is 0 Å². The predicted octanol–water partition coefficient (Wildman–Crippen LogP) is 1.29. The van der Waals surface area contributed by atoms with Crippen LogP contribution in [0.5, 0.6) is 0 Å². The second kappa shape index (κ2) is 5.80. The van der Waals surface area contributed by atoms with E-state index in [1.54, 1.807) is 6.92 Å². The number of nitrogens with zero attached hydrogens (tertiary/aromatic N) is 1. The molecule has 0 saturated heterocycles. The number of hydrogen-bond acceptors (Lipinski definition) is 5. The van der Waals surface area contributed by atoms with Gasteiger partial charge in [-0.05, 0) is 25.8 Å². The Labute approximate surface area is 121 Å². The highest BCUT2D eigenvalue weighted by atomic mass is 32.2. The Hall–Kier alpha value is -0.960. The van der Waals surface area contributed by atoms with Gasteiger partial charge in [0.05, 0.1) is 11.5 Å². The molecule has 112 valence electrons. The average molecular weight is 319 g/mol. The first kappa shape index (κ1) is 15.4. The van der Waals surface area contributed by atoms with E-state index in [1.165, 1.54) is 10.4 Å². The normalized spacial score (nSPS) is 16.4. The van der Waals surface area contributed by atoms with Crippen molar-refractivity contribution >= 4 is 27.3 Å². The van der Waals surface area contributed by atoms with Gasteiger partial charge < -0.3 is 10.2 Å². The van der Waals surface area contributed by atoms with E-state index in [9.17, 15) is 13.2 Å². The van der Waals surface area contributed by atoms with E-state index in [4.69, 9.17) is 10.2 Å². The van der Waals surface area contributed by atoms with E-state index < -0.39 is 16.0 Å². The van der Waals surface area contributed by atoms with Crippen LogP contribution in [0.3, 0.4) is 0 Å². The minimum Gasteiger partial charge on any atom is -0.477 e. The molecule has 0 bridgehead atoms. The van der Waals surface area contributed by atoms with Crippen LogP contribution in [0.2, 0.25) is 0 Å². The lowest BCUT2D eigenvalue weighted by molar-refractivity contribution is 0.0702. The number of sulfonamides is 1. The standard InChI is InChI=1S/C12H17NO5S2/c1-8-11(7-10(19-8)12(15)16)20(17,18)13(5-6-14)9-3-2-4-9/h7,9,14H,2-6H2,1H3,(H,15,16). The van der Waals surface area contributed by atoms with Crippen molar-refractivity contribution in [1.29, 1.82) is 0 Å². The van der Waals surface area contributed by atoms with Crippen molar-refractivity contribution < 1.29 is 23.4 Å². The molecule has 0 spiro atoms. The molecule has 0 amide bonds. The number of carboxylic acid groups (broad SMARTS) is 1. The smallest absolute Gasteiger partial charge is 0.345 e. The van der Waals surface area contributed by atoms with Gasteiger partial charge in [-0.1, -0.05) is 6.42 Å². The van der Waals surface area contributed by atoms with Crippen LogP contribution < -0.4 is 0 Å². The molecule has 1 aliphatic rings. The summed E-state index contributed by atoms with van der Waals surface area (Å²) in [6.45, 7) is 1.40. The Morgan fingerprint density at radius 3 is 2.55 bits per heavy atom. The van der Waals surface area contributed by atoms with Gasteiger partial charge in [0.25, 0.3) is 0 Å². The summed E-state index contributed by atoms with van der Waals surface area (Å²) in [5.74, 6) is -1.13. The topological polar surface area (TPSA) is 94.9 Å². The number of aromatic carboxylic acids is 1. The largest absolute Gasteiger partial charge is 0.477 e. The third kappa shape index (κ3) is 2.73. The summed E-state index contributed by atoms with van der Waals surface area (Å²) in [6, 6.07) is 1.13. The molecule has 0 atom stereocenters. The van der Waals surface area contributed by atoms with Crippen LogP contribution in [0.25, 0.3) is 0 Å². The molecule has 1 aromatic heterocycles. The zero-order chi connectivity index (χ0) is 14.9. The molecule has 6 nitrogen and oxygen atoms in total. The van der Waals surface area contributed by atoms with Gasteiger partial charge in [-0.2, -0.15) is 4.31 Å². The maximum atomic E-state index is 12.6. The molecule has 8 heteroatoms. The second-order valence-corrected chi connectivity index (χ2v) is 7.88. The van der Waals surface area contributed by atoms with Crippen molar-refractivity contribution in [3.63, 3.8) is 0 Å². The Bertz CT molecular complexity index is 603.